The SMILES string of the molecule is CN(C(=O)c1cc(C(F)(F)F)ccc1Br)C1CCOC1. The summed E-state index contributed by atoms with van der Waals surface area (Å²) in [4.78, 5) is 13.7. The Balaban J connectivity index is 2.28. The van der Waals surface area contributed by atoms with E-state index in [2.05, 4.69) is 15.9 Å². The number of carbonyl (C=O) groups excluding carboxylic acids is 1. The van der Waals surface area contributed by atoms with Crippen LogP contribution in [0.5, 0.6) is 0 Å². The Morgan fingerprint density at radius 1 is 1.45 bits per heavy atom. The lowest BCUT2D eigenvalue weighted by atomic mass is 10.1. The molecule has 0 saturated carbocycles. The molecular weight excluding hydrogens is 339 g/mol. The lowest BCUT2D eigenvalue weighted by Gasteiger charge is -2.24. The molecular formula is C13H13BrF3NO2. The zero-order valence-electron chi connectivity index (χ0n) is 10.7. The molecule has 0 aromatic heterocycles. The highest BCUT2D eigenvalue weighted by Crippen LogP contribution is 2.32. The standard InChI is InChI=1S/C13H13BrF3NO2/c1-18(9-4-5-20-7-9)12(19)10-6-8(13(15,16)17)2-3-11(10)14/h2-3,6,9H,4-5,7H2,1H3. The number of halogens is 4. The average Bonchev–Trinajstić information content (AvgIpc) is 2.90. The summed E-state index contributed by atoms with van der Waals surface area (Å²) in [5.74, 6) is -0.446. The van der Waals surface area contributed by atoms with Gasteiger partial charge in [0.2, 0.25) is 0 Å². The van der Waals surface area contributed by atoms with Crippen molar-refractivity contribution >= 4 is 21.8 Å². The molecule has 3 nitrogen and oxygen atoms in total. The van der Waals surface area contributed by atoms with Gasteiger partial charge in [-0.3, -0.25) is 4.79 Å². The Morgan fingerprint density at radius 2 is 2.15 bits per heavy atom. The normalized spacial score (nSPS) is 19.1. The highest BCUT2D eigenvalue weighted by Gasteiger charge is 2.33. The van der Waals surface area contributed by atoms with Gasteiger partial charge < -0.3 is 9.64 Å². The average molecular weight is 352 g/mol. The summed E-state index contributed by atoms with van der Waals surface area (Å²) >= 11 is 3.13. The van der Waals surface area contributed by atoms with Crippen LogP contribution in [0.1, 0.15) is 22.3 Å². The van der Waals surface area contributed by atoms with Gasteiger partial charge >= 0.3 is 6.18 Å². The van der Waals surface area contributed by atoms with Crippen LogP contribution in [0.2, 0.25) is 0 Å². The van der Waals surface area contributed by atoms with E-state index in [0.717, 1.165) is 12.1 Å². The molecule has 1 aliphatic rings. The molecule has 1 unspecified atom stereocenters. The highest BCUT2D eigenvalue weighted by molar-refractivity contribution is 9.10. The van der Waals surface area contributed by atoms with Gasteiger partial charge in [0, 0.05) is 18.1 Å². The quantitative estimate of drug-likeness (QED) is 0.817. The molecule has 1 aromatic rings. The van der Waals surface area contributed by atoms with Crippen LogP contribution < -0.4 is 0 Å². The predicted octanol–water partition coefficient (Wildman–Crippen LogP) is 3.33. The van der Waals surface area contributed by atoms with Gasteiger partial charge in [0.1, 0.15) is 0 Å². The second kappa shape index (κ2) is 5.73. The van der Waals surface area contributed by atoms with Crippen LogP contribution >= 0.6 is 15.9 Å². The van der Waals surface area contributed by atoms with E-state index in [1.807, 2.05) is 0 Å². The smallest absolute Gasteiger partial charge is 0.379 e. The molecule has 1 fully saturated rings. The van der Waals surface area contributed by atoms with Crippen LogP contribution in [0.15, 0.2) is 22.7 Å². The van der Waals surface area contributed by atoms with Crippen molar-refractivity contribution in [2.45, 2.75) is 18.6 Å². The van der Waals surface area contributed by atoms with Crippen LogP contribution in [0.3, 0.4) is 0 Å². The van der Waals surface area contributed by atoms with Crippen LogP contribution in [-0.2, 0) is 10.9 Å². The van der Waals surface area contributed by atoms with E-state index in [9.17, 15) is 18.0 Å². The van der Waals surface area contributed by atoms with Crippen LogP contribution in [-0.4, -0.2) is 37.1 Å². The van der Waals surface area contributed by atoms with Gasteiger partial charge in [0.25, 0.3) is 5.91 Å². The van der Waals surface area contributed by atoms with E-state index in [-0.39, 0.29) is 11.6 Å². The molecule has 0 bridgehead atoms. The minimum absolute atomic E-state index is 0.00854. The minimum atomic E-state index is -4.47. The predicted molar refractivity (Wildman–Crippen MR) is 70.5 cm³/mol. The number of hydrogen-bond acceptors (Lipinski definition) is 2. The van der Waals surface area contributed by atoms with Crippen LogP contribution in [0.25, 0.3) is 0 Å². The molecule has 7 heteroatoms. The van der Waals surface area contributed by atoms with Gasteiger partial charge in [-0.1, -0.05) is 0 Å². The molecule has 110 valence electrons. The summed E-state index contributed by atoms with van der Waals surface area (Å²) in [6, 6.07) is 2.97. The van der Waals surface area contributed by atoms with Crippen molar-refractivity contribution in [2.75, 3.05) is 20.3 Å². The fourth-order valence-electron chi connectivity index (χ4n) is 2.05. The van der Waals surface area contributed by atoms with Crippen LogP contribution in [0.4, 0.5) is 13.2 Å². The van der Waals surface area contributed by atoms with Crippen molar-refractivity contribution in [2.24, 2.45) is 0 Å². The maximum absolute atomic E-state index is 12.7. The molecule has 1 aliphatic heterocycles. The molecule has 0 N–H and O–H groups in total. The summed E-state index contributed by atoms with van der Waals surface area (Å²) in [6.07, 6.45) is -3.77. The number of nitrogens with zero attached hydrogens (tertiary/aromatic N) is 1. The second-order valence-electron chi connectivity index (χ2n) is 4.63. The Morgan fingerprint density at radius 3 is 2.70 bits per heavy atom. The summed E-state index contributed by atoms with van der Waals surface area (Å²) in [5, 5.41) is 0. The molecule has 2 rings (SSSR count). The molecule has 20 heavy (non-hydrogen) atoms. The maximum atomic E-state index is 12.7. The van der Waals surface area contributed by atoms with Gasteiger partial charge in [-0.25, -0.2) is 0 Å². The molecule has 0 radical (unpaired) electrons. The van der Waals surface area contributed by atoms with Crippen LogP contribution in [0, 0.1) is 0 Å². The number of benzene rings is 1. The molecule has 0 aliphatic carbocycles. The van der Waals surface area contributed by atoms with Gasteiger partial charge in [0.15, 0.2) is 0 Å². The van der Waals surface area contributed by atoms with Gasteiger partial charge in [-0.15, -0.1) is 0 Å². The van der Waals surface area contributed by atoms with E-state index >= 15 is 0 Å². The van der Waals surface area contributed by atoms with Gasteiger partial charge in [-0.05, 0) is 40.5 Å². The monoisotopic (exact) mass is 351 g/mol. The lowest BCUT2D eigenvalue weighted by Crippen LogP contribution is -2.37. The van der Waals surface area contributed by atoms with E-state index < -0.39 is 17.6 Å². The molecule has 1 atom stereocenters. The van der Waals surface area contributed by atoms with Crippen molar-refractivity contribution < 1.29 is 22.7 Å². The van der Waals surface area contributed by atoms with Crippen molar-refractivity contribution in [1.82, 2.24) is 4.90 Å². The first-order chi connectivity index (χ1) is 9.30. The summed E-state index contributed by atoms with van der Waals surface area (Å²) in [5.41, 5.74) is -0.825. The number of likely N-dealkylation sites (N-methyl/N-ethyl adjacent to an activating group) is 1. The highest BCUT2D eigenvalue weighted by atomic mass is 79.9. The third-order valence-electron chi connectivity index (χ3n) is 3.30. The zero-order chi connectivity index (χ0) is 14.9. The summed E-state index contributed by atoms with van der Waals surface area (Å²) in [6.45, 7) is 0.977. The largest absolute Gasteiger partial charge is 0.416 e. The lowest BCUT2D eigenvalue weighted by molar-refractivity contribution is -0.137. The van der Waals surface area contributed by atoms with E-state index in [0.29, 0.717) is 24.1 Å². The second-order valence-corrected chi connectivity index (χ2v) is 5.48. The van der Waals surface area contributed by atoms with Crippen molar-refractivity contribution in [3.05, 3.63) is 33.8 Å². The topological polar surface area (TPSA) is 29.5 Å². The molecule has 1 aromatic carbocycles. The third kappa shape index (κ3) is 3.15. The Labute approximate surface area is 122 Å². The molecule has 1 amide bonds. The van der Waals surface area contributed by atoms with E-state index in [4.69, 9.17) is 4.74 Å². The van der Waals surface area contributed by atoms with Crippen molar-refractivity contribution in [3.63, 3.8) is 0 Å². The van der Waals surface area contributed by atoms with E-state index in [1.165, 1.54) is 11.0 Å². The fourth-order valence-corrected chi connectivity index (χ4v) is 2.47. The van der Waals surface area contributed by atoms with Crippen molar-refractivity contribution in [1.29, 1.82) is 0 Å². The summed E-state index contributed by atoms with van der Waals surface area (Å²) in [7, 11) is 1.58. The van der Waals surface area contributed by atoms with Gasteiger partial charge in [-0.2, -0.15) is 13.2 Å². The van der Waals surface area contributed by atoms with E-state index in [1.54, 1.807) is 7.05 Å². The molecule has 1 heterocycles. The first-order valence-electron chi connectivity index (χ1n) is 6.02. The Bertz CT molecular complexity index is 513. The number of rotatable bonds is 2. The van der Waals surface area contributed by atoms with Gasteiger partial charge in [0.05, 0.1) is 23.8 Å². The third-order valence-corrected chi connectivity index (χ3v) is 3.99. The van der Waals surface area contributed by atoms with Crippen molar-refractivity contribution in [3.8, 4) is 0 Å². The number of hydrogen-bond donors (Lipinski definition) is 0. The number of carbonyl (C=O) groups is 1. The zero-order valence-corrected chi connectivity index (χ0v) is 12.3. The number of alkyl halides is 3. The molecule has 0 spiro atoms. The summed E-state index contributed by atoms with van der Waals surface area (Å²) < 4.78 is 43.6. The first-order valence-corrected chi connectivity index (χ1v) is 6.81. The number of amides is 1. The first kappa shape index (κ1) is 15.3. The Kier molecular flexibility index (Phi) is 4.39. The molecule has 1 saturated heterocycles. The number of ether oxygens (including phenoxy) is 1. The minimum Gasteiger partial charge on any atom is -0.379 e. The Hall–Kier alpha value is -1.08. The maximum Gasteiger partial charge on any atom is 0.416 e. The fraction of sp³-hybridized carbons (Fsp3) is 0.462.